The van der Waals surface area contributed by atoms with E-state index in [4.69, 9.17) is 0 Å². The fourth-order valence-corrected chi connectivity index (χ4v) is 6.47. The van der Waals surface area contributed by atoms with E-state index in [-0.39, 0.29) is 41.0 Å². The van der Waals surface area contributed by atoms with Gasteiger partial charge in [-0.25, -0.2) is 4.39 Å². The van der Waals surface area contributed by atoms with Crippen LogP contribution in [0.3, 0.4) is 0 Å². The van der Waals surface area contributed by atoms with Gasteiger partial charge in [0, 0.05) is 61.9 Å². The SMILES string of the molecule is C[C@H](CC1CCCCC1)C(=O)N1CC[C@](O)(Cn2cc(C(=O)N(C)C)c(-c3ccccc3F)cc2=O)C(C)(C)C1. The monoisotopic (exact) mass is 553 g/mol. The molecule has 0 radical (unpaired) electrons. The number of benzene rings is 1. The molecule has 1 aromatic heterocycles. The number of likely N-dealkylation sites (tertiary alicyclic amines) is 1. The normalized spacial score (nSPS) is 22.1. The van der Waals surface area contributed by atoms with Gasteiger partial charge in [-0.05, 0) is 24.8 Å². The highest BCUT2D eigenvalue weighted by atomic mass is 19.1. The van der Waals surface area contributed by atoms with Crippen molar-refractivity contribution in [3.63, 3.8) is 0 Å². The summed E-state index contributed by atoms with van der Waals surface area (Å²) >= 11 is 0. The van der Waals surface area contributed by atoms with Gasteiger partial charge in [-0.15, -0.1) is 0 Å². The van der Waals surface area contributed by atoms with E-state index in [1.54, 1.807) is 32.3 Å². The van der Waals surface area contributed by atoms with Gasteiger partial charge in [-0.1, -0.05) is 71.1 Å². The highest BCUT2D eigenvalue weighted by molar-refractivity contribution is 6.00. The number of hydrogen-bond acceptors (Lipinski definition) is 4. The zero-order chi connectivity index (χ0) is 29.2. The van der Waals surface area contributed by atoms with Crippen LogP contribution in [0, 0.1) is 23.1 Å². The Balaban J connectivity index is 1.57. The van der Waals surface area contributed by atoms with Gasteiger partial charge in [0.2, 0.25) is 5.91 Å². The van der Waals surface area contributed by atoms with Crippen molar-refractivity contribution in [1.29, 1.82) is 0 Å². The lowest BCUT2D eigenvalue weighted by atomic mass is 9.69. The fraction of sp³-hybridized carbons (Fsp3) is 0.594. The largest absolute Gasteiger partial charge is 0.387 e. The van der Waals surface area contributed by atoms with Gasteiger partial charge in [0.05, 0.1) is 17.7 Å². The molecule has 2 aromatic rings. The molecule has 2 fully saturated rings. The molecule has 2 heterocycles. The first-order valence-electron chi connectivity index (χ1n) is 14.6. The maximum atomic E-state index is 14.7. The summed E-state index contributed by atoms with van der Waals surface area (Å²) < 4.78 is 16.0. The summed E-state index contributed by atoms with van der Waals surface area (Å²) in [5, 5.41) is 11.9. The molecule has 2 aliphatic rings. The molecule has 1 saturated carbocycles. The van der Waals surface area contributed by atoms with Crippen LogP contribution in [0.2, 0.25) is 0 Å². The second-order valence-corrected chi connectivity index (χ2v) is 12.8. The summed E-state index contributed by atoms with van der Waals surface area (Å²) in [6.07, 6.45) is 8.83. The fourth-order valence-electron chi connectivity index (χ4n) is 6.47. The molecule has 1 aliphatic carbocycles. The van der Waals surface area contributed by atoms with E-state index in [0.717, 1.165) is 6.42 Å². The van der Waals surface area contributed by atoms with Gasteiger partial charge in [0.15, 0.2) is 0 Å². The van der Waals surface area contributed by atoms with E-state index in [2.05, 4.69) is 0 Å². The molecule has 7 nitrogen and oxygen atoms in total. The van der Waals surface area contributed by atoms with E-state index in [1.165, 1.54) is 59.9 Å². The first kappa shape index (κ1) is 30.0. The van der Waals surface area contributed by atoms with E-state index >= 15 is 0 Å². The molecule has 8 heteroatoms. The maximum Gasteiger partial charge on any atom is 0.255 e. The number of aliphatic hydroxyl groups is 1. The lowest BCUT2D eigenvalue weighted by Crippen LogP contribution is -2.61. The molecular weight excluding hydrogens is 509 g/mol. The average molecular weight is 554 g/mol. The Labute approximate surface area is 237 Å². The molecule has 1 N–H and O–H groups in total. The summed E-state index contributed by atoms with van der Waals surface area (Å²) in [6, 6.07) is 7.32. The molecule has 0 spiro atoms. The molecule has 40 heavy (non-hydrogen) atoms. The molecule has 1 saturated heterocycles. The van der Waals surface area contributed by atoms with Gasteiger partial charge in [0.1, 0.15) is 5.82 Å². The Morgan fingerprint density at radius 1 is 1.12 bits per heavy atom. The minimum atomic E-state index is -1.29. The minimum absolute atomic E-state index is 0.0379. The highest BCUT2D eigenvalue weighted by Crippen LogP contribution is 2.41. The van der Waals surface area contributed by atoms with Gasteiger partial charge in [-0.2, -0.15) is 0 Å². The number of piperidine rings is 1. The predicted molar refractivity (Wildman–Crippen MR) is 154 cm³/mol. The number of halogens is 1. The van der Waals surface area contributed by atoms with Crippen molar-refractivity contribution in [3.8, 4) is 11.1 Å². The predicted octanol–water partition coefficient (Wildman–Crippen LogP) is 4.95. The number of carbonyl (C=O) groups excluding carboxylic acids is 2. The third-order valence-corrected chi connectivity index (χ3v) is 9.14. The Morgan fingerprint density at radius 2 is 1.80 bits per heavy atom. The van der Waals surface area contributed by atoms with Crippen LogP contribution < -0.4 is 5.56 Å². The molecule has 1 aromatic carbocycles. The van der Waals surface area contributed by atoms with Gasteiger partial charge in [-0.3, -0.25) is 14.4 Å². The van der Waals surface area contributed by atoms with Gasteiger partial charge in [0.25, 0.3) is 11.5 Å². The zero-order valence-electron chi connectivity index (χ0n) is 24.6. The number of amides is 2. The van der Waals surface area contributed by atoms with Crippen molar-refractivity contribution in [2.45, 2.75) is 77.9 Å². The second-order valence-electron chi connectivity index (χ2n) is 12.8. The summed E-state index contributed by atoms with van der Waals surface area (Å²) in [6.45, 7) is 6.60. The molecule has 218 valence electrons. The van der Waals surface area contributed by atoms with Crippen LogP contribution in [-0.4, -0.2) is 64.1 Å². The zero-order valence-corrected chi connectivity index (χ0v) is 24.6. The first-order valence-corrected chi connectivity index (χ1v) is 14.6. The molecule has 0 bridgehead atoms. The van der Waals surface area contributed by atoms with E-state index in [0.29, 0.717) is 25.4 Å². The van der Waals surface area contributed by atoms with Crippen molar-refractivity contribution >= 4 is 11.8 Å². The Hall–Kier alpha value is -3.00. The van der Waals surface area contributed by atoms with E-state index < -0.39 is 22.4 Å². The second kappa shape index (κ2) is 11.9. The lowest BCUT2D eigenvalue weighted by molar-refractivity contribution is -0.157. The quantitative estimate of drug-likeness (QED) is 0.526. The number of rotatable bonds is 7. The third-order valence-electron chi connectivity index (χ3n) is 9.14. The van der Waals surface area contributed by atoms with E-state index in [9.17, 15) is 23.9 Å². The number of carbonyl (C=O) groups is 2. The summed E-state index contributed by atoms with van der Waals surface area (Å²) in [5.41, 5.74) is -1.86. The third kappa shape index (κ3) is 6.17. The van der Waals surface area contributed by atoms with Crippen molar-refractivity contribution in [1.82, 2.24) is 14.4 Å². The Kier molecular flexibility index (Phi) is 8.88. The van der Waals surface area contributed by atoms with Crippen LogP contribution in [0.25, 0.3) is 11.1 Å². The van der Waals surface area contributed by atoms with Crippen LogP contribution in [0.5, 0.6) is 0 Å². The summed E-state index contributed by atoms with van der Waals surface area (Å²) in [7, 11) is 3.20. The standard InChI is InChI=1S/C32H44FN3O4/c1-22(17-23-11-7-6-8-12-23)29(38)35-16-15-32(40,31(2,3)20-35)21-36-19-26(30(39)34(4)5)25(18-28(36)37)24-13-9-10-14-27(24)33/h9-10,13-14,18-19,22-23,40H,6-8,11-12,15-17,20-21H2,1-5H3/t22-,32+/m1/s1. The highest BCUT2D eigenvalue weighted by Gasteiger charge is 2.49. The van der Waals surface area contributed by atoms with Gasteiger partial charge < -0.3 is 19.5 Å². The Morgan fingerprint density at radius 3 is 2.42 bits per heavy atom. The van der Waals surface area contributed by atoms with Crippen LogP contribution >= 0.6 is 0 Å². The van der Waals surface area contributed by atoms with Crippen molar-refractivity contribution in [2.75, 3.05) is 27.2 Å². The summed E-state index contributed by atoms with van der Waals surface area (Å²) in [5.74, 6) is -0.211. The lowest BCUT2D eigenvalue weighted by Gasteiger charge is -2.51. The van der Waals surface area contributed by atoms with Crippen LogP contribution in [-0.2, 0) is 11.3 Å². The number of nitrogens with zero attached hydrogens (tertiary/aromatic N) is 3. The average Bonchev–Trinajstić information content (AvgIpc) is 2.91. The minimum Gasteiger partial charge on any atom is -0.387 e. The molecule has 2 atom stereocenters. The number of hydrogen-bond donors (Lipinski definition) is 1. The molecule has 0 unspecified atom stereocenters. The molecular formula is C32H44FN3O4. The van der Waals surface area contributed by atoms with Crippen molar-refractivity contribution in [3.05, 3.63) is 58.3 Å². The van der Waals surface area contributed by atoms with Crippen LogP contribution in [0.4, 0.5) is 4.39 Å². The topological polar surface area (TPSA) is 82.8 Å². The molecule has 4 rings (SSSR count). The van der Waals surface area contributed by atoms with E-state index in [1.807, 2.05) is 25.7 Å². The number of aromatic nitrogens is 1. The van der Waals surface area contributed by atoms with Crippen molar-refractivity contribution in [2.24, 2.45) is 17.3 Å². The Bertz CT molecular complexity index is 1300. The maximum absolute atomic E-state index is 14.7. The van der Waals surface area contributed by atoms with Crippen LogP contribution in [0.1, 0.15) is 76.1 Å². The smallest absolute Gasteiger partial charge is 0.255 e. The summed E-state index contributed by atoms with van der Waals surface area (Å²) in [4.78, 5) is 43.0. The van der Waals surface area contributed by atoms with Crippen molar-refractivity contribution < 1.29 is 19.1 Å². The first-order chi connectivity index (χ1) is 18.8. The number of pyridine rings is 1. The molecule has 1 aliphatic heterocycles. The molecule has 2 amide bonds. The van der Waals surface area contributed by atoms with Crippen LogP contribution in [0.15, 0.2) is 41.3 Å². The van der Waals surface area contributed by atoms with Gasteiger partial charge >= 0.3 is 0 Å².